The molecule has 3 aromatic rings. The van der Waals surface area contributed by atoms with Crippen LogP contribution in [0, 0.1) is 0 Å². The number of nitrogens with one attached hydrogen (secondary N) is 1. The second-order valence-corrected chi connectivity index (χ2v) is 6.20. The Labute approximate surface area is 154 Å². The van der Waals surface area contributed by atoms with Gasteiger partial charge in [0, 0.05) is 23.2 Å². The van der Waals surface area contributed by atoms with Crippen LogP contribution in [0.3, 0.4) is 0 Å². The number of anilines is 1. The van der Waals surface area contributed by atoms with Gasteiger partial charge in [-0.1, -0.05) is 17.3 Å². The zero-order valence-corrected chi connectivity index (χ0v) is 14.3. The van der Waals surface area contributed by atoms with Gasteiger partial charge in [0.1, 0.15) is 11.7 Å². The van der Waals surface area contributed by atoms with Gasteiger partial charge in [-0.25, -0.2) is 9.48 Å². The maximum Gasteiger partial charge on any atom is 0.328 e. The minimum atomic E-state index is -0.590. The summed E-state index contributed by atoms with van der Waals surface area (Å²) in [6.07, 6.45) is 2.26. The van der Waals surface area contributed by atoms with E-state index in [2.05, 4.69) is 15.6 Å². The average molecular weight is 363 g/mol. The number of amides is 1. The van der Waals surface area contributed by atoms with E-state index < -0.39 is 12.0 Å². The van der Waals surface area contributed by atoms with Crippen molar-refractivity contribution in [2.24, 2.45) is 0 Å². The Morgan fingerprint density at radius 1 is 1.22 bits per heavy atom. The first kappa shape index (κ1) is 16.8. The molecule has 1 atom stereocenters. The standard InChI is InChI=1S/C19H17N5O3/c20-14-4-6-15(7-5-14)24-11-17(22-23-24)12-2-1-3-13(10-12)18(25)21-16-8-9-27-19(16)26/h1-7,10-11,16H,8-9,20H2,(H,21,25)/t16-/m0/s1. The molecule has 0 unspecified atom stereocenters. The summed E-state index contributed by atoms with van der Waals surface area (Å²) in [7, 11) is 0. The zero-order valence-electron chi connectivity index (χ0n) is 14.3. The van der Waals surface area contributed by atoms with Crippen molar-refractivity contribution in [3.8, 4) is 16.9 Å². The van der Waals surface area contributed by atoms with Gasteiger partial charge >= 0.3 is 5.97 Å². The van der Waals surface area contributed by atoms with Crippen LogP contribution in [-0.2, 0) is 9.53 Å². The fraction of sp³-hybridized carbons (Fsp3) is 0.158. The third-order valence-electron chi connectivity index (χ3n) is 4.31. The molecule has 0 spiro atoms. The molecule has 136 valence electrons. The van der Waals surface area contributed by atoms with Gasteiger partial charge in [-0.2, -0.15) is 0 Å². The largest absolute Gasteiger partial charge is 0.464 e. The van der Waals surface area contributed by atoms with E-state index in [1.807, 2.05) is 18.2 Å². The lowest BCUT2D eigenvalue weighted by Crippen LogP contribution is -2.37. The Morgan fingerprint density at radius 2 is 2.04 bits per heavy atom. The number of esters is 1. The molecule has 1 aromatic heterocycles. The number of aromatic nitrogens is 3. The van der Waals surface area contributed by atoms with Gasteiger partial charge in [0.2, 0.25) is 0 Å². The van der Waals surface area contributed by atoms with E-state index >= 15 is 0 Å². The number of nitrogen functional groups attached to an aromatic ring is 1. The molecular weight excluding hydrogens is 346 g/mol. The molecule has 2 heterocycles. The Hall–Kier alpha value is -3.68. The van der Waals surface area contributed by atoms with E-state index in [0.29, 0.717) is 30.0 Å². The molecule has 1 amide bonds. The molecule has 0 radical (unpaired) electrons. The SMILES string of the molecule is Nc1ccc(-n2cc(-c3cccc(C(=O)N[C@H]4CCOC4=O)c3)nn2)cc1. The summed E-state index contributed by atoms with van der Waals surface area (Å²) in [4.78, 5) is 23.9. The van der Waals surface area contributed by atoms with E-state index in [4.69, 9.17) is 10.5 Å². The highest BCUT2D eigenvalue weighted by atomic mass is 16.5. The van der Waals surface area contributed by atoms with Gasteiger partial charge in [0.05, 0.1) is 18.5 Å². The molecular formula is C19H17N5O3. The molecule has 8 heteroatoms. The number of hydrogen-bond donors (Lipinski definition) is 2. The fourth-order valence-corrected chi connectivity index (χ4v) is 2.84. The number of benzene rings is 2. The molecule has 27 heavy (non-hydrogen) atoms. The van der Waals surface area contributed by atoms with Gasteiger partial charge in [-0.3, -0.25) is 4.79 Å². The molecule has 1 aliphatic heterocycles. The second kappa shape index (κ2) is 6.91. The Balaban J connectivity index is 1.55. The Kier molecular flexibility index (Phi) is 4.29. The van der Waals surface area contributed by atoms with E-state index in [1.165, 1.54) is 0 Å². The number of nitrogens with zero attached hydrogens (tertiary/aromatic N) is 3. The van der Waals surface area contributed by atoms with Crippen LogP contribution < -0.4 is 11.1 Å². The number of rotatable bonds is 4. The second-order valence-electron chi connectivity index (χ2n) is 6.20. The maximum absolute atomic E-state index is 12.4. The van der Waals surface area contributed by atoms with Crippen LogP contribution >= 0.6 is 0 Å². The quantitative estimate of drug-likeness (QED) is 0.537. The van der Waals surface area contributed by atoms with Gasteiger partial charge < -0.3 is 15.8 Å². The average Bonchev–Trinajstić information content (AvgIpc) is 3.32. The first-order valence-electron chi connectivity index (χ1n) is 8.46. The molecule has 2 aromatic carbocycles. The summed E-state index contributed by atoms with van der Waals surface area (Å²) < 4.78 is 6.50. The lowest BCUT2D eigenvalue weighted by molar-refractivity contribution is -0.139. The molecule has 1 aliphatic rings. The predicted octanol–water partition coefficient (Wildman–Crippen LogP) is 1.56. The predicted molar refractivity (Wildman–Crippen MR) is 98.0 cm³/mol. The summed E-state index contributed by atoms with van der Waals surface area (Å²) >= 11 is 0. The van der Waals surface area contributed by atoms with Crippen LogP contribution in [-0.4, -0.2) is 39.5 Å². The number of ether oxygens (including phenoxy) is 1. The van der Waals surface area contributed by atoms with Crippen LogP contribution in [0.2, 0.25) is 0 Å². The highest BCUT2D eigenvalue weighted by molar-refractivity contribution is 5.97. The van der Waals surface area contributed by atoms with Crippen molar-refractivity contribution >= 4 is 17.6 Å². The van der Waals surface area contributed by atoms with Gasteiger partial charge in [-0.05, 0) is 36.4 Å². The minimum absolute atomic E-state index is 0.327. The smallest absolute Gasteiger partial charge is 0.328 e. The molecule has 0 bridgehead atoms. The van der Waals surface area contributed by atoms with Crippen LogP contribution in [0.1, 0.15) is 16.8 Å². The third-order valence-corrected chi connectivity index (χ3v) is 4.31. The molecule has 1 fully saturated rings. The van der Waals surface area contributed by atoms with Crippen molar-refractivity contribution in [1.29, 1.82) is 0 Å². The minimum Gasteiger partial charge on any atom is -0.464 e. The fourth-order valence-electron chi connectivity index (χ4n) is 2.84. The monoisotopic (exact) mass is 363 g/mol. The van der Waals surface area contributed by atoms with E-state index in [-0.39, 0.29) is 5.91 Å². The highest BCUT2D eigenvalue weighted by Gasteiger charge is 2.28. The Morgan fingerprint density at radius 3 is 2.78 bits per heavy atom. The summed E-state index contributed by atoms with van der Waals surface area (Å²) in [5.41, 5.74) is 9.02. The number of cyclic esters (lactones) is 1. The van der Waals surface area contributed by atoms with Crippen molar-refractivity contribution in [3.05, 3.63) is 60.3 Å². The third kappa shape index (κ3) is 3.50. The Bertz CT molecular complexity index is 997. The number of nitrogens with two attached hydrogens (primary N) is 1. The van der Waals surface area contributed by atoms with Crippen LogP contribution in [0.15, 0.2) is 54.7 Å². The van der Waals surface area contributed by atoms with Crippen LogP contribution in [0.25, 0.3) is 16.9 Å². The zero-order chi connectivity index (χ0) is 18.8. The van der Waals surface area contributed by atoms with E-state index in [9.17, 15) is 9.59 Å². The van der Waals surface area contributed by atoms with Crippen molar-refractivity contribution in [1.82, 2.24) is 20.3 Å². The molecule has 0 saturated carbocycles. The number of carbonyl (C=O) groups is 2. The lowest BCUT2D eigenvalue weighted by atomic mass is 10.1. The molecule has 8 nitrogen and oxygen atoms in total. The van der Waals surface area contributed by atoms with Gasteiger partial charge in [-0.15, -0.1) is 5.10 Å². The first-order valence-corrected chi connectivity index (χ1v) is 8.46. The summed E-state index contributed by atoms with van der Waals surface area (Å²) in [5, 5.41) is 11.0. The van der Waals surface area contributed by atoms with Crippen molar-refractivity contribution in [3.63, 3.8) is 0 Å². The molecule has 1 saturated heterocycles. The summed E-state index contributed by atoms with van der Waals surface area (Å²) in [5.74, 6) is -0.724. The molecule has 0 aliphatic carbocycles. The van der Waals surface area contributed by atoms with Gasteiger partial charge in [0.25, 0.3) is 5.91 Å². The highest BCUT2D eigenvalue weighted by Crippen LogP contribution is 2.20. The lowest BCUT2D eigenvalue weighted by Gasteiger charge is -2.09. The van der Waals surface area contributed by atoms with E-state index in [0.717, 1.165) is 11.3 Å². The maximum atomic E-state index is 12.4. The molecule has 3 N–H and O–H groups in total. The van der Waals surface area contributed by atoms with Crippen LogP contribution in [0.4, 0.5) is 5.69 Å². The summed E-state index contributed by atoms with van der Waals surface area (Å²) in [6.45, 7) is 0.331. The topological polar surface area (TPSA) is 112 Å². The summed E-state index contributed by atoms with van der Waals surface area (Å²) in [6, 6.07) is 13.7. The van der Waals surface area contributed by atoms with Crippen molar-refractivity contribution in [2.45, 2.75) is 12.5 Å². The number of hydrogen-bond acceptors (Lipinski definition) is 6. The van der Waals surface area contributed by atoms with E-state index in [1.54, 1.807) is 41.2 Å². The van der Waals surface area contributed by atoms with Crippen molar-refractivity contribution in [2.75, 3.05) is 12.3 Å². The normalized spacial score (nSPS) is 16.1. The van der Waals surface area contributed by atoms with Gasteiger partial charge in [0.15, 0.2) is 0 Å². The molecule has 4 rings (SSSR count). The van der Waals surface area contributed by atoms with Crippen LogP contribution in [0.5, 0.6) is 0 Å². The first-order chi connectivity index (χ1) is 13.1. The number of carbonyl (C=O) groups excluding carboxylic acids is 2. The van der Waals surface area contributed by atoms with Crippen molar-refractivity contribution < 1.29 is 14.3 Å².